The van der Waals surface area contributed by atoms with E-state index < -0.39 is 0 Å². The van der Waals surface area contributed by atoms with Crippen LogP contribution in [0, 0.1) is 17.2 Å². The van der Waals surface area contributed by atoms with Crippen molar-refractivity contribution in [1.29, 1.82) is 5.26 Å². The number of nitrogens with one attached hydrogen (secondary N) is 1. The predicted molar refractivity (Wildman–Crippen MR) is 101 cm³/mol. The zero-order chi connectivity index (χ0) is 18.8. The summed E-state index contributed by atoms with van der Waals surface area (Å²) in [6.45, 7) is 2.17. The smallest absolute Gasteiger partial charge is 0.313 e. The first-order valence-electron chi connectivity index (χ1n) is 9.56. The van der Waals surface area contributed by atoms with E-state index in [9.17, 15) is 4.79 Å². The molecular weight excluding hydrogens is 342 g/mol. The van der Waals surface area contributed by atoms with Crippen LogP contribution < -0.4 is 0 Å². The van der Waals surface area contributed by atoms with Crippen molar-refractivity contribution >= 4 is 28.0 Å². The number of pyridine rings is 1. The van der Waals surface area contributed by atoms with Gasteiger partial charge in [-0.2, -0.15) is 5.26 Å². The molecule has 7 nitrogen and oxygen atoms in total. The Morgan fingerprint density at radius 1 is 1.41 bits per heavy atom. The molecule has 27 heavy (non-hydrogen) atoms. The average Bonchev–Trinajstić information content (AvgIpc) is 3.26. The number of aromatic nitrogens is 4. The first-order valence-corrected chi connectivity index (χ1v) is 9.56. The van der Waals surface area contributed by atoms with Gasteiger partial charge in [-0.25, -0.2) is 9.97 Å². The third-order valence-electron chi connectivity index (χ3n) is 5.48. The molecule has 1 saturated carbocycles. The summed E-state index contributed by atoms with van der Waals surface area (Å²) in [6.07, 6.45) is 8.45. The van der Waals surface area contributed by atoms with Crippen molar-refractivity contribution in [2.24, 2.45) is 5.92 Å². The second-order valence-corrected chi connectivity index (χ2v) is 7.15. The minimum Gasteiger partial charge on any atom is -0.466 e. The molecule has 3 aromatic heterocycles. The molecule has 0 unspecified atom stereocenters. The van der Waals surface area contributed by atoms with Crippen LogP contribution in [0.1, 0.15) is 50.9 Å². The van der Waals surface area contributed by atoms with Crippen molar-refractivity contribution in [2.45, 2.75) is 51.5 Å². The molecule has 1 fully saturated rings. The molecule has 3 heterocycles. The minimum absolute atomic E-state index is 0.159. The molecule has 140 valence electrons. The molecule has 0 radical (unpaired) electrons. The molecule has 0 aliphatic heterocycles. The number of hydrogen-bond donors (Lipinski definition) is 1. The van der Waals surface area contributed by atoms with Crippen molar-refractivity contribution in [3.05, 3.63) is 24.3 Å². The van der Waals surface area contributed by atoms with Crippen molar-refractivity contribution in [3.63, 3.8) is 0 Å². The van der Waals surface area contributed by atoms with E-state index in [0.717, 1.165) is 53.6 Å². The van der Waals surface area contributed by atoms with Gasteiger partial charge < -0.3 is 14.3 Å². The van der Waals surface area contributed by atoms with Gasteiger partial charge in [0.15, 0.2) is 0 Å². The molecule has 0 aromatic carbocycles. The van der Waals surface area contributed by atoms with Crippen LogP contribution in [0.5, 0.6) is 0 Å². The minimum atomic E-state index is -0.259. The number of nitriles is 1. The van der Waals surface area contributed by atoms with Gasteiger partial charge in [-0.05, 0) is 44.6 Å². The lowest BCUT2D eigenvalue weighted by molar-refractivity contribution is -0.142. The third-order valence-corrected chi connectivity index (χ3v) is 5.48. The summed E-state index contributed by atoms with van der Waals surface area (Å²) in [5, 5.41) is 9.99. The molecule has 4 rings (SSSR count). The summed E-state index contributed by atoms with van der Waals surface area (Å²) in [7, 11) is 0. The van der Waals surface area contributed by atoms with Gasteiger partial charge in [-0.3, -0.25) is 4.79 Å². The molecule has 1 aliphatic carbocycles. The lowest BCUT2D eigenvalue weighted by atomic mass is 9.84. The monoisotopic (exact) mass is 365 g/mol. The number of rotatable bonds is 5. The molecule has 1 aliphatic rings. The Hall–Kier alpha value is -2.88. The van der Waals surface area contributed by atoms with Crippen LogP contribution in [-0.4, -0.2) is 32.1 Å². The molecule has 3 aromatic rings. The van der Waals surface area contributed by atoms with Gasteiger partial charge in [0.2, 0.25) is 0 Å². The molecular formula is C20H23N5O2. The van der Waals surface area contributed by atoms with Crippen molar-refractivity contribution < 1.29 is 9.53 Å². The van der Waals surface area contributed by atoms with Crippen LogP contribution in [0.3, 0.4) is 0 Å². The van der Waals surface area contributed by atoms with Gasteiger partial charge in [0.05, 0.1) is 24.4 Å². The largest absolute Gasteiger partial charge is 0.466 e. The van der Waals surface area contributed by atoms with Gasteiger partial charge in [0, 0.05) is 24.0 Å². The zero-order valence-electron chi connectivity index (χ0n) is 15.4. The molecule has 0 bridgehead atoms. The predicted octanol–water partition coefficient (Wildman–Crippen LogP) is 3.66. The highest BCUT2D eigenvalue weighted by molar-refractivity contribution is 6.01. The standard InChI is InChI=1S/C20H23N5O2/c1-2-27-18(26)11-17-24-16-12-23-20-15(8-10-22-20)19(16)25(17)14-5-3-13(4-6-14)7-9-21/h8,10,12-14H,2-7,11H2,1H3,(H,22,23). The number of carbonyl (C=O) groups excluding carboxylic acids is 1. The quantitative estimate of drug-likeness (QED) is 0.696. The van der Waals surface area contributed by atoms with E-state index in [1.165, 1.54) is 0 Å². The molecule has 0 amide bonds. The first-order chi connectivity index (χ1) is 13.2. The van der Waals surface area contributed by atoms with Crippen molar-refractivity contribution in [2.75, 3.05) is 6.61 Å². The van der Waals surface area contributed by atoms with E-state index in [1.54, 1.807) is 6.20 Å². The summed E-state index contributed by atoms with van der Waals surface area (Å²) >= 11 is 0. The van der Waals surface area contributed by atoms with Crippen LogP contribution in [0.15, 0.2) is 18.5 Å². The Labute approximate surface area is 157 Å². The number of H-pyrrole nitrogens is 1. The second-order valence-electron chi connectivity index (χ2n) is 7.15. The molecule has 7 heteroatoms. The molecule has 0 atom stereocenters. The first kappa shape index (κ1) is 17.5. The summed E-state index contributed by atoms with van der Waals surface area (Å²) in [6, 6.07) is 4.58. The van der Waals surface area contributed by atoms with Crippen LogP contribution >= 0.6 is 0 Å². The van der Waals surface area contributed by atoms with Gasteiger partial charge >= 0.3 is 5.97 Å². The maximum atomic E-state index is 12.1. The normalized spacial score (nSPS) is 20.0. The van der Waals surface area contributed by atoms with Crippen LogP contribution in [0.4, 0.5) is 0 Å². The van der Waals surface area contributed by atoms with Gasteiger partial charge in [0.25, 0.3) is 0 Å². The Morgan fingerprint density at radius 3 is 2.96 bits per heavy atom. The van der Waals surface area contributed by atoms with Crippen molar-refractivity contribution in [1.82, 2.24) is 19.5 Å². The third kappa shape index (κ3) is 3.27. The number of ether oxygens (including phenoxy) is 1. The van der Waals surface area contributed by atoms with E-state index in [-0.39, 0.29) is 18.4 Å². The van der Waals surface area contributed by atoms with Gasteiger partial charge in [-0.15, -0.1) is 0 Å². The highest BCUT2D eigenvalue weighted by Crippen LogP contribution is 2.37. The fourth-order valence-corrected chi connectivity index (χ4v) is 4.24. The van der Waals surface area contributed by atoms with Gasteiger partial charge in [-0.1, -0.05) is 0 Å². The van der Waals surface area contributed by atoms with E-state index in [0.29, 0.717) is 18.9 Å². The summed E-state index contributed by atoms with van der Waals surface area (Å²) in [5.41, 5.74) is 2.66. The van der Waals surface area contributed by atoms with Gasteiger partial charge in [0.1, 0.15) is 23.4 Å². The SMILES string of the molecule is CCOC(=O)Cc1nc2cnc3[nH]ccc3c2n1C1CCC(CC#N)CC1. The van der Waals surface area contributed by atoms with E-state index in [2.05, 4.69) is 20.6 Å². The zero-order valence-corrected chi connectivity index (χ0v) is 15.4. The lowest BCUT2D eigenvalue weighted by Gasteiger charge is -2.29. The Balaban J connectivity index is 1.77. The fraction of sp³-hybridized carbons (Fsp3) is 0.500. The topological polar surface area (TPSA) is 96.6 Å². The summed E-state index contributed by atoms with van der Waals surface area (Å²) in [4.78, 5) is 24.5. The Kier molecular flexibility index (Phi) is 4.80. The summed E-state index contributed by atoms with van der Waals surface area (Å²) in [5.74, 6) is 0.955. The van der Waals surface area contributed by atoms with Crippen LogP contribution in [0.2, 0.25) is 0 Å². The average molecular weight is 365 g/mol. The number of carbonyl (C=O) groups is 1. The fourth-order valence-electron chi connectivity index (χ4n) is 4.24. The molecule has 0 spiro atoms. The maximum absolute atomic E-state index is 12.1. The number of nitrogens with zero attached hydrogens (tertiary/aromatic N) is 4. The molecule has 1 N–H and O–H groups in total. The van der Waals surface area contributed by atoms with Crippen LogP contribution in [-0.2, 0) is 16.0 Å². The van der Waals surface area contributed by atoms with E-state index >= 15 is 0 Å². The number of esters is 1. The number of imidazole rings is 1. The highest BCUT2D eigenvalue weighted by Gasteiger charge is 2.27. The highest BCUT2D eigenvalue weighted by atomic mass is 16.5. The van der Waals surface area contributed by atoms with E-state index in [1.807, 2.05) is 19.2 Å². The number of aromatic amines is 1. The maximum Gasteiger partial charge on any atom is 0.313 e. The van der Waals surface area contributed by atoms with Crippen LogP contribution in [0.25, 0.3) is 22.1 Å². The Bertz CT molecular complexity index is 1000. The second kappa shape index (κ2) is 7.39. The lowest BCUT2D eigenvalue weighted by Crippen LogP contribution is -2.21. The Morgan fingerprint density at radius 2 is 2.22 bits per heavy atom. The number of fused-ring (bicyclic) bond motifs is 3. The summed E-state index contributed by atoms with van der Waals surface area (Å²) < 4.78 is 7.38. The number of hydrogen-bond acceptors (Lipinski definition) is 5. The molecule has 0 saturated heterocycles. The van der Waals surface area contributed by atoms with Crippen molar-refractivity contribution in [3.8, 4) is 6.07 Å². The van der Waals surface area contributed by atoms with E-state index in [4.69, 9.17) is 15.0 Å².